The quantitative estimate of drug-likeness (QED) is 0.692. The third-order valence-electron chi connectivity index (χ3n) is 2.85. The fourth-order valence-electron chi connectivity index (χ4n) is 1.92. The predicted molar refractivity (Wildman–Crippen MR) is 61.6 cm³/mol. The molecule has 76 valence electrons. The van der Waals surface area contributed by atoms with E-state index in [0.717, 1.165) is 11.1 Å². The first-order valence-corrected chi connectivity index (χ1v) is 5.02. The van der Waals surface area contributed by atoms with Crippen LogP contribution in [0, 0.1) is 11.3 Å². The molecule has 2 nitrogen and oxygen atoms in total. The van der Waals surface area contributed by atoms with Gasteiger partial charge >= 0.3 is 0 Å². The van der Waals surface area contributed by atoms with Gasteiger partial charge < -0.3 is 4.57 Å². The molecule has 0 aliphatic rings. The van der Waals surface area contributed by atoms with Crippen LogP contribution in [0.5, 0.6) is 0 Å². The fraction of sp³-hybridized carbons (Fsp3) is 0.308. The van der Waals surface area contributed by atoms with E-state index in [0.29, 0.717) is 0 Å². The van der Waals surface area contributed by atoms with Crippen molar-refractivity contribution in [3.8, 4) is 6.07 Å². The van der Waals surface area contributed by atoms with Gasteiger partial charge in [0.25, 0.3) is 0 Å². The van der Waals surface area contributed by atoms with Gasteiger partial charge in [0.15, 0.2) is 0 Å². The second kappa shape index (κ2) is 3.13. The molecule has 0 bridgehead atoms. The first-order chi connectivity index (χ1) is 7.06. The maximum absolute atomic E-state index is 9.18. The molecule has 2 heteroatoms. The third kappa shape index (κ3) is 1.41. The van der Waals surface area contributed by atoms with Crippen LogP contribution >= 0.6 is 0 Å². The predicted octanol–water partition coefficient (Wildman–Crippen LogP) is 2.98. The SMILES string of the molecule is Cn1ccc2cccc(C(C)(C)C#N)c21. The zero-order chi connectivity index (χ0) is 11.1. The number of nitriles is 1. The summed E-state index contributed by atoms with van der Waals surface area (Å²) in [4.78, 5) is 0. The highest BCUT2D eigenvalue weighted by Crippen LogP contribution is 2.29. The Morgan fingerprint density at radius 1 is 1.27 bits per heavy atom. The molecule has 1 aromatic carbocycles. The first kappa shape index (κ1) is 9.79. The van der Waals surface area contributed by atoms with Gasteiger partial charge in [-0.05, 0) is 30.9 Å². The second-order valence-electron chi connectivity index (χ2n) is 4.41. The van der Waals surface area contributed by atoms with Gasteiger partial charge in [-0.3, -0.25) is 0 Å². The number of rotatable bonds is 1. The van der Waals surface area contributed by atoms with Crippen molar-refractivity contribution < 1.29 is 0 Å². The highest BCUT2D eigenvalue weighted by Gasteiger charge is 2.23. The molecule has 0 saturated carbocycles. The number of para-hydroxylation sites is 1. The van der Waals surface area contributed by atoms with Crippen LogP contribution in [0.2, 0.25) is 0 Å². The Kier molecular flexibility index (Phi) is 2.04. The van der Waals surface area contributed by atoms with E-state index in [1.54, 1.807) is 0 Å². The average Bonchev–Trinajstić information content (AvgIpc) is 2.60. The van der Waals surface area contributed by atoms with Gasteiger partial charge in [0.05, 0.1) is 17.0 Å². The summed E-state index contributed by atoms with van der Waals surface area (Å²) in [5.74, 6) is 0. The van der Waals surface area contributed by atoms with Crippen LogP contribution in [0.25, 0.3) is 10.9 Å². The maximum Gasteiger partial charge on any atom is 0.0786 e. The van der Waals surface area contributed by atoms with Crippen LogP contribution in [0.15, 0.2) is 30.5 Å². The number of hydrogen-bond acceptors (Lipinski definition) is 1. The zero-order valence-corrected chi connectivity index (χ0v) is 9.28. The summed E-state index contributed by atoms with van der Waals surface area (Å²) in [6.07, 6.45) is 2.03. The van der Waals surface area contributed by atoms with E-state index in [4.69, 9.17) is 0 Å². The van der Waals surface area contributed by atoms with Crippen molar-refractivity contribution in [2.75, 3.05) is 0 Å². The van der Waals surface area contributed by atoms with Crippen molar-refractivity contribution >= 4 is 10.9 Å². The van der Waals surface area contributed by atoms with Gasteiger partial charge in [-0.1, -0.05) is 18.2 Å². The Balaban J connectivity index is 2.82. The Morgan fingerprint density at radius 3 is 2.67 bits per heavy atom. The van der Waals surface area contributed by atoms with Crippen molar-refractivity contribution in [1.29, 1.82) is 5.26 Å². The molecule has 0 amide bonds. The van der Waals surface area contributed by atoms with Crippen molar-refractivity contribution in [2.45, 2.75) is 19.3 Å². The Labute approximate surface area is 89.7 Å². The number of fused-ring (bicyclic) bond motifs is 1. The lowest BCUT2D eigenvalue weighted by Gasteiger charge is -2.17. The third-order valence-corrected chi connectivity index (χ3v) is 2.85. The monoisotopic (exact) mass is 198 g/mol. The molecule has 15 heavy (non-hydrogen) atoms. The molecule has 1 heterocycles. The average molecular weight is 198 g/mol. The van der Waals surface area contributed by atoms with E-state index in [1.807, 2.05) is 39.2 Å². The van der Waals surface area contributed by atoms with E-state index < -0.39 is 5.41 Å². The van der Waals surface area contributed by atoms with E-state index in [2.05, 4.69) is 22.8 Å². The normalized spacial score (nSPS) is 11.6. The number of aromatic nitrogens is 1. The van der Waals surface area contributed by atoms with E-state index in [9.17, 15) is 5.26 Å². The molecule has 0 unspecified atom stereocenters. The molecular weight excluding hydrogens is 184 g/mol. The number of aryl methyl sites for hydroxylation is 1. The Morgan fingerprint density at radius 2 is 2.00 bits per heavy atom. The summed E-state index contributed by atoms with van der Waals surface area (Å²) in [6, 6.07) is 10.5. The first-order valence-electron chi connectivity index (χ1n) is 5.02. The lowest BCUT2D eigenvalue weighted by molar-refractivity contribution is 0.688. The molecule has 0 spiro atoms. The second-order valence-corrected chi connectivity index (χ2v) is 4.41. The topological polar surface area (TPSA) is 28.7 Å². The number of benzene rings is 1. The minimum Gasteiger partial charge on any atom is -0.350 e. The summed E-state index contributed by atoms with van der Waals surface area (Å²) in [7, 11) is 2.01. The van der Waals surface area contributed by atoms with Crippen LogP contribution in [-0.2, 0) is 12.5 Å². The molecule has 2 rings (SSSR count). The molecule has 1 aromatic heterocycles. The summed E-state index contributed by atoms with van der Waals surface area (Å²) < 4.78 is 2.07. The van der Waals surface area contributed by atoms with Crippen molar-refractivity contribution in [3.63, 3.8) is 0 Å². The smallest absolute Gasteiger partial charge is 0.0786 e. The van der Waals surface area contributed by atoms with Crippen LogP contribution in [0.4, 0.5) is 0 Å². The zero-order valence-electron chi connectivity index (χ0n) is 9.28. The summed E-state index contributed by atoms with van der Waals surface area (Å²) in [5.41, 5.74) is 1.81. The van der Waals surface area contributed by atoms with Crippen LogP contribution < -0.4 is 0 Å². The largest absolute Gasteiger partial charge is 0.350 e. The van der Waals surface area contributed by atoms with Gasteiger partial charge in [-0.25, -0.2) is 0 Å². The highest BCUT2D eigenvalue weighted by molar-refractivity contribution is 5.84. The van der Waals surface area contributed by atoms with Gasteiger partial charge in [0, 0.05) is 13.2 Å². The molecule has 2 aromatic rings. The minimum absolute atomic E-state index is 0.439. The molecule has 0 fully saturated rings. The molecule has 0 radical (unpaired) electrons. The standard InChI is InChI=1S/C13H14N2/c1-13(2,9-14)11-6-4-5-10-7-8-15(3)12(10)11/h4-8H,1-3H3. The Hall–Kier alpha value is -1.75. The summed E-state index contributed by atoms with van der Waals surface area (Å²) in [6.45, 7) is 3.91. The van der Waals surface area contributed by atoms with Gasteiger partial charge in [-0.15, -0.1) is 0 Å². The molecule has 0 aliphatic heterocycles. The lowest BCUT2D eigenvalue weighted by Crippen LogP contribution is -2.15. The molecule has 0 saturated heterocycles. The molecule has 0 aliphatic carbocycles. The minimum atomic E-state index is -0.439. The van der Waals surface area contributed by atoms with Gasteiger partial charge in [0.1, 0.15) is 0 Å². The van der Waals surface area contributed by atoms with Gasteiger partial charge in [-0.2, -0.15) is 5.26 Å². The van der Waals surface area contributed by atoms with E-state index >= 15 is 0 Å². The lowest BCUT2D eigenvalue weighted by atomic mass is 9.85. The highest BCUT2D eigenvalue weighted by atomic mass is 14.9. The van der Waals surface area contributed by atoms with Crippen molar-refractivity contribution in [2.24, 2.45) is 7.05 Å². The summed E-state index contributed by atoms with van der Waals surface area (Å²) in [5, 5.41) is 10.4. The van der Waals surface area contributed by atoms with Gasteiger partial charge in [0.2, 0.25) is 0 Å². The number of hydrogen-bond donors (Lipinski definition) is 0. The molecule has 0 atom stereocenters. The van der Waals surface area contributed by atoms with E-state index in [1.165, 1.54) is 5.39 Å². The van der Waals surface area contributed by atoms with Crippen LogP contribution in [0.1, 0.15) is 19.4 Å². The van der Waals surface area contributed by atoms with Crippen molar-refractivity contribution in [1.82, 2.24) is 4.57 Å². The summed E-state index contributed by atoms with van der Waals surface area (Å²) >= 11 is 0. The van der Waals surface area contributed by atoms with E-state index in [-0.39, 0.29) is 0 Å². The molecule has 0 N–H and O–H groups in total. The fourth-order valence-corrected chi connectivity index (χ4v) is 1.92. The van der Waals surface area contributed by atoms with Crippen molar-refractivity contribution in [3.05, 3.63) is 36.0 Å². The molecular formula is C13H14N2. The Bertz CT molecular complexity index is 541. The maximum atomic E-state index is 9.18. The van der Waals surface area contributed by atoms with Crippen LogP contribution in [-0.4, -0.2) is 4.57 Å². The van der Waals surface area contributed by atoms with Crippen LogP contribution in [0.3, 0.4) is 0 Å². The number of nitrogens with zero attached hydrogens (tertiary/aromatic N) is 2.